The lowest BCUT2D eigenvalue weighted by atomic mass is 10.1. The molecule has 1 heterocycles. The highest BCUT2D eigenvalue weighted by molar-refractivity contribution is 6.32. The number of carbonyl (C=O) groups excluding carboxylic acids is 1. The molecule has 1 aliphatic rings. The van der Waals surface area contributed by atoms with Crippen molar-refractivity contribution in [2.24, 2.45) is 4.99 Å². The Bertz CT molecular complexity index is 958. The van der Waals surface area contributed by atoms with Crippen molar-refractivity contribution >= 4 is 29.5 Å². The Labute approximate surface area is 162 Å². The van der Waals surface area contributed by atoms with E-state index in [4.69, 9.17) is 32.2 Å². The van der Waals surface area contributed by atoms with Gasteiger partial charge in [-0.15, -0.1) is 6.42 Å². The Hall–Kier alpha value is -3.23. The minimum Gasteiger partial charge on any atom is -0.490 e. The number of carbonyl (C=O) groups is 1. The van der Waals surface area contributed by atoms with Gasteiger partial charge in [-0.3, -0.25) is 0 Å². The Morgan fingerprint density at radius 3 is 2.74 bits per heavy atom. The second-order valence-electron chi connectivity index (χ2n) is 5.46. The summed E-state index contributed by atoms with van der Waals surface area (Å²) in [6.45, 7) is 2.33. The van der Waals surface area contributed by atoms with Crippen LogP contribution >= 0.6 is 11.6 Å². The van der Waals surface area contributed by atoms with Crippen LogP contribution in [0.2, 0.25) is 5.02 Å². The zero-order valence-corrected chi connectivity index (χ0v) is 15.3. The van der Waals surface area contributed by atoms with Crippen LogP contribution in [0, 0.1) is 12.3 Å². The lowest BCUT2D eigenvalue weighted by molar-refractivity contribution is -0.129. The van der Waals surface area contributed by atoms with Crippen LogP contribution in [-0.4, -0.2) is 25.1 Å². The van der Waals surface area contributed by atoms with Gasteiger partial charge in [-0.05, 0) is 42.8 Å². The molecule has 0 saturated carbocycles. The van der Waals surface area contributed by atoms with Gasteiger partial charge in [0.25, 0.3) is 0 Å². The molecule has 0 N–H and O–H groups in total. The van der Waals surface area contributed by atoms with Gasteiger partial charge in [0.05, 0.1) is 11.6 Å². The Balaban J connectivity index is 1.95. The molecule has 3 rings (SSSR count). The highest BCUT2D eigenvalue weighted by Gasteiger charge is 2.24. The molecule has 2 aromatic carbocycles. The van der Waals surface area contributed by atoms with E-state index < -0.39 is 5.97 Å². The highest BCUT2D eigenvalue weighted by atomic mass is 35.5. The average molecular weight is 382 g/mol. The largest absolute Gasteiger partial charge is 0.490 e. The van der Waals surface area contributed by atoms with Gasteiger partial charge >= 0.3 is 5.97 Å². The van der Waals surface area contributed by atoms with Gasteiger partial charge in [0.2, 0.25) is 5.90 Å². The maximum atomic E-state index is 12.2. The van der Waals surface area contributed by atoms with E-state index in [0.29, 0.717) is 28.7 Å². The summed E-state index contributed by atoms with van der Waals surface area (Å²) < 4.78 is 16.3. The third-order valence-electron chi connectivity index (χ3n) is 3.58. The summed E-state index contributed by atoms with van der Waals surface area (Å²) in [7, 11) is 0. The average Bonchev–Trinajstić information content (AvgIpc) is 3.03. The summed E-state index contributed by atoms with van der Waals surface area (Å²) in [6.07, 6.45) is 6.81. The van der Waals surface area contributed by atoms with Crippen molar-refractivity contribution in [3.63, 3.8) is 0 Å². The predicted molar refractivity (Wildman–Crippen MR) is 104 cm³/mol. The third kappa shape index (κ3) is 4.30. The first-order valence-corrected chi connectivity index (χ1v) is 8.60. The van der Waals surface area contributed by atoms with E-state index in [0.717, 1.165) is 5.56 Å². The smallest absolute Gasteiger partial charge is 0.363 e. The zero-order valence-electron chi connectivity index (χ0n) is 14.6. The van der Waals surface area contributed by atoms with E-state index in [2.05, 4.69) is 10.9 Å². The molecule has 0 unspecified atom stereocenters. The predicted octanol–water partition coefficient (Wildman–Crippen LogP) is 4.10. The number of benzene rings is 2. The number of ether oxygens (including phenoxy) is 3. The molecule has 0 aromatic heterocycles. The number of cyclic esters (lactones) is 1. The molecule has 0 spiro atoms. The van der Waals surface area contributed by atoms with Crippen molar-refractivity contribution in [2.45, 2.75) is 6.92 Å². The summed E-state index contributed by atoms with van der Waals surface area (Å²) in [5.74, 6) is 2.91. The van der Waals surface area contributed by atoms with Crippen LogP contribution < -0.4 is 9.47 Å². The fourth-order valence-electron chi connectivity index (χ4n) is 2.46. The first-order valence-electron chi connectivity index (χ1n) is 8.23. The molecule has 0 bridgehead atoms. The fourth-order valence-corrected chi connectivity index (χ4v) is 2.73. The fraction of sp³-hybridized carbons (Fsp3) is 0.143. The van der Waals surface area contributed by atoms with Crippen LogP contribution in [0.3, 0.4) is 0 Å². The van der Waals surface area contributed by atoms with Crippen LogP contribution in [-0.2, 0) is 9.53 Å². The van der Waals surface area contributed by atoms with Gasteiger partial charge in [-0.25, -0.2) is 9.79 Å². The Morgan fingerprint density at radius 2 is 2.04 bits per heavy atom. The summed E-state index contributed by atoms with van der Waals surface area (Å²) in [5.41, 5.74) is 1.52. The van der Waals surface area contributed by atoms with Crippen LogP contribution in [0.1, 0.15) is 18.1 Å². The number of halogens is 1. The molecule has 0 radical (unpaired) electrons. The zero-order chi connectivity index (χ0) is 19.2. The Kier molecular flexibility index (Phi) is 5.80. The summed E-state index contributed by atoms with van der Waals surface area (Å²) >= 11 is 6.30. The molecule has 0 saturated heterocycles. The molecular weight excluding hydrogens is 366 g/mol. The molecule has 0 amide bonds. The van der Waals surface area contributed by atoms with Crippen LogP contribution in [0.25, 0.3) is 6.08 Å². The highest BCUT2D eigenvalue weighted by Crippen LogP contribution is 2.37. The van der Waals surface area contributed by atoms with Crippen molar-refractivity contribution in [2.75, 3.05) is 13.2 Å². The molecule has 136 valence electrons. The van der Waals surface area contributed by atoms with Crippen molar-refractivity contribution in [1.29, 1.82) is 0 Å². The van der Waals surface area contributed by atoms with Crippen LogP contribution in [0.15, 0.2) is 53.2 Å². The number of aliphatic imine (C=N–C) groups is 1. The monoisotopic (exact) mass is 381 g/mol. The van der Waals surface area contributed by atoms with Crippen molar-refractivity contribution in [1.82, 2.24) is 0 Å². The van der Waals surface area contributed by atoms with Gasteiger partial charge in [-0.2, -0.15) is 0 Å². The summed E-state index contributed by atoms with van der Waals surface area (Å²) in [5, 5.41) is 0.321. The Morgan fingerprint density at radius 1 is 1.26 bits per heavy atom. The molecule has 0 aliphatic carbocycles. The number of terminal acetylenes is 1. The van der Waals surface area contributed by atoms with Gasteiger partial charge < -0.3 is 14.2 Å². The molecule has 5 nitrogen and oxygen atoms in total. The van der Waals surface area contributed by atoms with Crippen molar-refractivity contribution in [3.8, 4) is 23.8 Å². The van der Waals surface area contributed by atoms with E-state index >= 15 is 0 Å². The minimum atomic E-state index is -0.532. The SMILES string of the molecule is C#CCOc1c(Cl)cc(/C=C2/N=C(c3ccccc3)OC2=O)cc1OCC. The number of hydrogen-bond acceptors (Lipinski definition) is 5. The normalized spacial score (nSPS) is 14.5. The maximum absolute atomic E-state index is 12.2. The van der Waals surface area contributed by atoms with E-state index in [1.807, 2.05) is 37.3 Å². The number of esters is 1. The standard InChI is InChI=1S/C21H16ClNO4/c1-3-10-26-19-16(22)11-14(13-18(19)25-4-2)12-17-21(24)27-20(23-17)15-8-6-5-7-9-15/h1,5-9,11-13H,4,10H2,2H3/b17-12+. The van der Waals surface area contributed by atoms with Crippen LogP contribution in [0.4, 0.5) is 0 Å². The first-order chi connectivity index (χ1) is 13.1. The summed E-state index contributed by atoms with van der Waals surface area (Å²) in [6, 6.07) is 12.5. The molecule has 1 aliphatic heterocycles. The van der Waals surface area contributed by atoms with E-state index in [1.165, 1.54) is 0 Å². The summed E-state index contributed by atoms with van der Waals surface area (Å²) in [4.78, 5) is 16.4. The number of nitrogens with zero attached hydrogens (tertiary/aromatic N) is 1. The second kappa shape index (κ2) is 8.43. The topological polar surface area (TPSA) is 57.1 Å². The number of rotatable bonds is 6. The van der Waals surface area contributed by atoms with Gasteiger partial charge in [0.15, 0.2) is 17.2 Å². The first kappa shape index (κ1) is 18.6. The molecule has 27 heavy (non-hydrogen) atoms. The molecule has 0 atom stereocenters. The molecule has 6 heteroatoms. The van der Waals surface area contributed by atoms with Crippen LogP contribution in [0.5, 0.6) is 11.5 Å². The van der Waals surface area contributed by atoms with E-state index in [9.17, 15) is 4.79 Å². The minimum absolute atomic E-state index is 0.0668. The maximum Gasteiger partial charge on any atom is 0.363 e. The second-order valence-corrected chi connectivity index (χ2v) is 5.87. The molecule has 2 aromatic rings. The lowest BCUT2D eigenvalue weighted by Crippen LogP contribution is -2.05. The van der Waals surface area contributed by atoms with Gasteiger partial charge in [0, 0.05) is 5.56 Å². The van der Waals surface area contributed by atoms with E-state index in [-0.39, 0.29) is 18.2 Å². The van der Waals surface area contributed by atoms with E-state index in [1.54, 1.807) is 18.2 Å². The molecule has 0 fully saturated rings. The van der Waals surface area contributed by atoms with Gasteiger partial charge in [0.1, 0.15) is 6.61 Å². The lowest BCUT2D eigenvalue weighted by Gasteiger charge is -2.13. The number of hydrogen-bond donors (Lipinski definition) is 0. The quantitative estimate of drug-likeness (QED) is 0.429. The molecular formula is C21H16ClNO4. The van der Waals surface area contributed by atoms with Crippen molar-refractivity contribution < 1.29 is 19.0 Å². The third-order valence-corrected chi connectivity index (χ3v) is 3.86. The van der Waals surface area contributed by atoms with Gasteiger partial charge in [-0.1, -0.05) is 35.7 Å². The van der Waals surface area contributed by atoms with Crippen molar-refractivity contribution in [3.05, 3.63) is 64.3 Å².